The lowest BCUT2D eigenvalue weighted by Gasteiger charge is -2.18. The van der Waals surface area contributed by atoms with Crippen LogP contribution in [-0.4, -0.2) is 27.6 Å². The summed E-state index contributed by atoms with van der Waals surface area (Å²) in [5.41, 5.74) is 4.01. The van der Waals surface area contributed by atoms with Crippen molar-refractivity contribution in [2.45, 2.75) is 26.3 Å². The second-order valence-electron chi connectivity index (χ2n) is 5.31. The lowest BCUT2D eigenvalue weighted by molar-refractivity contribution is 0.0688. The standard InChI is InChI=1S/C16H17N3O2/c1-10-3-2-4-11(7-10)8-14-18-13-9-17-6-5-12(13)15(19-14)16(20)21/h2-4,7,17H,5-6,8-9H2,1H3,(H,20,21). The molecule has 0 bridgehead atoms. The van der Waals surface area contributed by atoms with E-state index in [2.05, 4.69) is 21.4 Å². The van der Waals surface area contributed by atoms with Gasteiger partial charge in [0.05, 0.1) is 5.69 Å². The quantitative estimate of drug-likeness (QED) is 0.897. The number of nitrogens with one attached hydrogen (secondary N) is 1. The molecule has 21 heavy (non-hydrogen) atoms. The zero-order valence-corrected chi connectivity index (χ0v) is 11.9. The number of carboxylic acids is 1. The normalized spacial score (nSPS) is 13.8. The predicted molar refractivity (Wildman–Crippen MR) is 78.4 cm³/mol. The van der Waals surface area contributed by atoms with Gasteiger partial charge in [-0.2, -0.15) is 0 Å². The van der Waals surface area contributed by atoms with E-state index in [1.165, 1.54) is 5.56 Å². The smallest absolute Gasteiger partial charge is 0.354 e. The van der Waals surface area contributed by atoms with Crippen molar-refractivity contribution in [3.05, 3.63) is 58.2 Å². The van der Waals surface area contributed by atoms with Gasteiger partial charge in [0.2, 0.25) is 0 Å². The molecule has 108 valence electrons. The molecule has 0 spiro atoms. The molecule has 0 unspecified atom stereocenters. The third kappa shape index (κ3) is 2.92. The average Bonchev–Trinajstić information content (AvgIpc) is 2.46. The van der Waals surface area contributed by atoms with E-state index in [4.69, 9.17) is 0 Å². The minimum atomic E-state index is -0.971. The number of fused-ring (bicyclic) bond motifs is 1. The maximum absolute atomic E-state index is 11.4. The average molecular weight is 283 g/mol. The van der Waals surface area contributed by atoms with Crippen LogP contribution in [0.4, 0.5) is 0 Å². The molecule has 0 radical (unpaired) electrons. The van der Waals surface area contributed by atoms with Crippen LogP contribution in [0.25, 0.3) is 0 Å². The second-order valence-corrected chi connectivity index (χ2v) is 5.31. The van der Waals surface area contributed by atoms with E-state index in [9.17, 15) is 9.90 Å². The van der Waals surface area contributed by atoms with Crippen molar-refractivity contribution in [2.75, 3.05) is 6.54 Å². The lowest BCUT2D eigenvalue weighted by atomic mass is 10.0. The van der Waals surface area contributed by atoms with Crippen LogP contribution in [0.1, 0.15) is 38.7 Å². The van der Waals surface area contributed by atoms with Crippen LogP contribution in [-0.2, 0) is 19.4 Å². The van der Waals surface area contributed by atoms with Gasteiger partial charge in [-0.1, -0.05) is 29.8 Å². The molecule has 2 N–H and O–H groups in total. The first kappa shape index (κ1) is 13.7. The zero-order valence-electron chi connectivity index (χ0n) is 11.9. The summed E-state index contributed by atoms with van der Waals surface area (Å²) in [5, 5.41) is 12.6. The fourth-order valence-electron chi connectivity index (χ4n) is 2.67. The fourth-order valence-corrected chi connectivity index (χ4v) is 2.67. The van der Waals surface area contributed by atoms with Crippen LogP contribution in [0.15, 0.2) is 24.3 Å². The summed E-state index contributed by atoms with van der Waals surface area (Å²) in [6, 6.07) is 8.10. The maximum atomic E-state index is 11.4. The van der Waals surface area contributed by atoms with E-state index < -0.39 is 5.97 Å². The molecule has 2 aromatic rings. The molecule has 0 aliphatic carbocycles. The van der Waals surface area contributed by atoms with Crippen molar-refractivity contribution in [1.29, 1.82) is 0 Å². The summed E-state index contributed by atoms with van der Waals surface area (Å²) in [6.07, 6.45) is 1.22. The topological polar surface area (TPSA) is 75.1 Å². The van der Waals surface area contributed by atoms with Crippen molar-refractivity contribution in [1.82, 2.24) is 15.3 Å². The SMILES string of the molecule is Cc1cccc(Cc2nc3c(c(C(=O)O)n2)CCNC3)c1. The molecule has 0 saturated carbocycles. The lowest BCUT2D eigenvalue weighted by Crippen LogP contribution is -2.28. The van der Waals surface area contributed by atoms with E-state index in [0.717, 1.165) is 23.4 Å². The molecule has 5 nitrogen and oxygen atoms in total. The van der Waals surface area contributed by atoms with Crippen molar-refractivity contribution in [3.8, 4) is 0 Å². The Balaban J connectivity index is 1.99. The maximum Gasteiger partial charge on any atom is 0.354 e. The van der Waals surface area contributed by atoms with Crippen molar-refractivity contribution >= 4 is 5.97 Å². The Kier molecular flexibility index (Phi) is 3.66. The molecular formula is C16H17N3O2. The first-order valence-corrected chi connectivity index (χ1v) is 7.01. The Hall–Kier alpha value is -2.27. The zero-order chi connectivity index (χ0) is 14.8. The summed E-state index contributed by atoms with van der Waals surface area (Å²) in [6.45, 7) is 3.41. The molecule has 5 heteroatoms. The van der Waals surface area contributed by atoms with Crippen molar-refractivity contribution in [3.63, 3.8) is 0 Å². The summed E-state index contributed by atoms with van der Waals surface area (Å²) in [5.74, 6) is -0.401. The minimum absolute atomic E-state index is 0.157. The van der Waals surface area contributed by atoms with Gasteiger partial charge in [-0.25, -0.2) is 14.8 Å². The van der Waals surface area contributed by atoms with E-state index in [-0.39, 0.29) is 5.69 Å². The number of aryl methyl sites for hydroxylation is 1. The molecule has 0 amide bonds. The largest absolute Gasteiger partial charge is 0.477 e. The number of benzene rings is 1. The Morgan fingerprint density at radius 1 is 1.38 bits per heavy atom. The highest BCUT2D eigenvalue weighted by molar-refractivity contribution is 5.87. The van der Waals surface area contributed by atoms with Gasteiger partial charge in [0, 0.05) is 18.5 Å². The number of nitrogens with zero attached hydrogens (tertiary/aromatic N) is 2. The Morgan fingerprint density at radius 3 is 3.00 bits per heavy atom. The van der Waals surface area contributed by atoms with Crippen LogP contribution in [0.5, 0.6) is 0 Å². The highest BCUT2D eigenvalue weighted by atomic mass is 16.4. The number of aromatic carboxylic acids is 1. The molecule has 0 saturated heterocycles. The van der Waals surface area contributed by atoms with E-state index in [0.29, 0.717) is 25.2 Å². The summed E-state index contributed by atoms with van der Waals surface area (Å²) in [7, 11) is 0. The third-order valence-electron chi connectivity index (χ3n) is 3.63. The molecule has 0 atom stereocenters. The van der Waals surface area contributed by atoms with E-state index in [1.54, 1.807) is 0 Å². The molecule has 2 heterocycles. The van der Waals surface area contributed by atoms with Gasteiger partial charge in [0.25, 0.3) is 0 Å². The van der Waals surface area contributed by atoms with E-state index >= 15 is 0 Å². The van der Waals surface area contributed by atoms with Gasteiger partial charge in [0.1, 0.15) is 5.82 Å². The fraction of sp³-hybridized carbons (Fsp3) is 0.312. The first-order chi connectivity index (χ1) is 10.1. The monoisotopic (exact) mass is 283 g/mol. The Labute approximate surface area is 123 Å². The number of rotatable bonds is 3. The van der Waals surface area contributed by atoms with Gasteiger partial charge in [-0.3, -0.25) is 0 Å². The van der Waals surface area contributed by atoms with E-state index in [1.807, 2.05) is 25.1 Å². The van der Waals surface area contributed by atoms with Gasteiger partial charge >= 0.3 is 5.97 Å². The number of aromatic nitrogens is 2. The van der Waals surface area contributed by atoms with Crippen LogP contribution in [0.3, 0.4) is 0 Å². The Morgan fingerprint density at radius 2 is 2.24 bits per heavy atom. The first-order valence-electron chi connectivity index (χ1n) is 7.01. The molecular weight excluding hydrogens is 266 g/mol. The second kappa shape index (κ2) is 5.61. The molecule has 0 fully saturated rings. The minimum Gasteiger partial charge on any atom is -0.477 e. The van der Waals surface area contributed by atoms with Gasteiger partial charge < -0.3 is 10.4 Å². The Bertz CT molecular complexity index is 698. The van der Waals surface area contributed by atoms with Crippen LogP contribution >= 0.6 is 0 Å². The summed E-state index contributed by atoms with van der Waals surface area (Å²) < 4.78 is 0. The van der Waals surface area contributed by atoms with Crippen molar-refractivity contribution < 1.29 is 9.90 Å². The van der Waals surface area contributed by atoms with Crippen LogP contribution in [0.2, 0.25) is 0 Å². The molecule has 3 rings (SSSR count). The number of hydrogen-bond acceptors (Lipinski definition) is 4. The van der Waals surface area contributed by atoms with Crippen LogP contribution in [0, 0.1) is 6.92 Å². The number of hydrogen-bond donors (Lipinski definition) is 2. The molecule has 1 aliphatic rings. The molecule has 1 aliphatic heterocycles. The highest BCUT2D eigenvalue weighted by Gasteiger charge is 2.21. The van der Waals surface area contributed by atoms with Gasteiger partial charge in [0.15, 0.2) is 5.69 Å². The van der Waals surface area contributed by atoms with Gasteiger partial charge in [-0.15, -0.1) is 0 Å². The van der Waals surface area contributed by atoms with Crippen molar-refractivity contribution in [2.24, 2.45) is 0 Å². The van der Waals surface area contributed by atoms with Gasteiger partial charge in [-0.05, 0) is 25.5 Å². The third-order valence-corrected chi connectivity index (χ3v) is 3.63. The predicted octanol–water partition coefficient (Wildman–Crippen LogP) is 1.72. The number of carbonyl (C=O) groups is 1. The summed E-state index contributed by atoms with van der Waals surface area (Å²) >= 11 is 0. The van der Waals surface area contributed by atoms with Crippen LogP contribution < -0.4 is 5.32 Å². The molecule has 1 aromatic heterocycles. The summed E-state index contributed by atoms with van der Waals surface area (Å²) in [4.78, 5) is 20.2. The molecule has 1 aromatic carbocycles. The number of carboxylic acid groups (broad SMARTS) is 1. The highest BCUT2D eigenvalue weighted by Crippen LogP contribution is 2.17.